The van der Waals surface area contributed by atoms with Crippen LogP contribution in [0.1, 0.15) is 19.3 Å². The van der Waals surface area contributed by atoms with E-state index in [-0.39, 0.29) is 0 Å². The van der Waals surface area contributed by atoms with Gasteiger partial charge in [-0.2, -0.15) is 0 Å². The van der Waals surface area contributed by atoms with Gasteiger partial charge in [0.1, 0.15) is 11.6 Å². The molecule has 1 fully saturated rings. The lowest BCUT2D eigenvalue weighted by molar-refractivity contribution is 0.302. The van der Waals surface area contributed by atoms with Gasteiger partial charge in [-0.15, -0.1) is 0 Å². The van der Waals surface area contributed by atoms with Crippen LogP contribution in [-0.4, -0.2) is 18.6 Å². The van der Waals surface area contributed by atoms with E-state index in [1.807, 2.05) is 19.2 Å². The topological polar surface area (TPSA) is 34.1 Å². The van der Waals surface area contributed by atoms with Crippen LogP contribution in [0.25, 0.3) is 0 Å². The lowest BCUT2D eigenvalue weighted by atomic mass is 10.3. The van der Waals surface area contributed by atoms with E-state index < -0.39 is 0 Å². The van der Waals surface area contributed by atoms with E-state index in [0.29, 0.717) is 0 Å². The van der Waals surface area contributed by atoms with Gasteiger partial charge in [-0.25, -0.2) is 4.98 Å². The highest BCUT2D eigenvalue weighted by Crippen LogP contribution is 2.32. The van der Waals surface area contributed by atoms with Crippen LogP contribution in [0.2, 0.25) is 0 Å². The highest BCUT2D eigenvalue weighted by atomic mass is 16.5. The summed E-state index contributed by atoms with van der Waals surface area (Å²) in [6, 6.07) is 3.82. The van der Waals surface area contributed by atoms with Crippen LogP contribution < -0.4 is 10.1 Å². The van der Waals surface area contributed by atoms with Gasteiger partial charge in [0.2, 0.25) is 0 Å². The standard InChI is InChI=1S/C11H16N2O/c1-12-11-8-10(4-6-13-11)14-7-5-9-2-3-9/h4,6,8-9H,2-3,5,7H2,1H3,(H,12,13). The van der Waals surface area contributed by atoms with Crippen molar-refractivity contribution in [2.24, 2.45) is 5.92 Å². The summed E-state index contributed by atoms with van der Waals surface area (Å²) in [6.07, 6.45) is 5.73. The quantitative estimate of drug-likeness (QED) is 0.777. The molecule has 1 aliphatic carbocycles. The summed E-state index contributed by atoms with van der Waals surface area (Å²) in [5, 5.41) is 2.99. The summed E-state index contributed by atoms with van der Waals surface area (Å²) < 4.78 is 5.62. The zero-order valence-electron chi connectivity index (χ0n) is 8.49. The van der Waals surface area contributed by atoms with Gasteiger partial charge in [-0.3, -0.25) is 0 Å². The molecule has 76 valence electrons. The molecule has 0 aliphatic heterocycles. The van der Waals surface area contributed by atoms with Crippen molar-refractivity contribution in [2.45, 2.75) is 19.3 Å². The molecule has 14 heavy (non-hydrogen) atoms. The molecule has 1 aromatic heterocycles. The molecular weight excluding hydrogens is 176 g/mol. The van der Waals surface area contributed by atoms with Crippen LogP contribution >= 0.6 is 0 Å². The molecule has 1 aromatic rings. The Hall–Kier alpha value is -1.25. The monoisotopic (exact) mass is 192 g/mol. The number of aromatic nitrogens is 1. The van der Waals surface area contributed by atoms with E-state index in [1.165, 1.54) is 19.3 Å². The fraction of sp³-hybridized carbons (Fsp3) is 0.545. The highest BCUT2D eigenvalue weighted by molar-refractivity contribution is 5.39. The minimum atomic E-state index is 0.831. The van der Waals surface area contributed by atoms with E-state index in [0.717, 1.165) is 24.1 Å². The molecule has 3 nitrogen and oxygen atoms in total. The third-order valence-corrected chi connectivity index (χ3v) is 2.48. The molecule has 0 bridgehead atoms. The Balaban J connectivity index is 1.81. The maximum atomic E-state index is 5.62. The molecule has 1 N–H and O–H groups in total. The molecule has 0 amide bonds. The number of nitrogens with zero attached hydrogens (tertiary/aromatic N) is 1. The second kappa shape index (κ2) is 4.31. The number of hydrogen-bond donors (Lipinski definition) is 1. The van der Waals surface area contributed by atoms with Crippen LogP contribution in [0.15, 0.2) is 18.3 Å². The highest BCUT2D eigenvalue weighted by Gasteiger charge is 2.20. The lowest BCUT2D eigenvalue weighted by Crippen LogP contribution is -1.99. The van der Waals surface area contributed by atoms with E-state index >= 15 is 0 Å². The van der Waals surface area contributed by atoms with Gasteiger partial charge in [0.15, 0.2) is 0 Å². The first kappa shape index (κ1) is 9.31. The zero-order chi connectivity index (χ0) is 9.80. The molecule has 0 aromatic carbocycles. The molecule has 1 aliphatic rings. The minimum Gasteiger partial charge on any atom is -0.493 e. The zero-order valence-corrected chi connectivity index (χ0v) is 8.49. The Labute approximate surface area is 84.5 Å². The van der Waals surface area contributed by atoms with Crippen LogP contribution in [0, 0.1) is 5.92 Å². The predicted molar refractivity (Wildman–Crippen MR) is 56.6 cm³/mol. The van der Waals surface area contributed by atoms with Crippen LogP contribution in [0.3, 0.4) is 0 Å². The van der Waals surface area contributed by atoms with Gasteiger partial charge in [0, 0.05) is 19.3 Å². The molecule has 0 saturated heterocycles. The fourth-order valence-corrected chi connectivity index (χ4v) is 1.39. The van der Waals surface area contributed by atoms with Crippen LogP contribution in [-0.2, 0) is 0 Å². The third-order valence-electron chi connectivity index (χ3n) is 2.48. The fourth-order valence-electron chi connectivity index (χ4n) is 1.39. The molecule has 1 heterocycles. The number of rotatable bonds is 5. The summed E-state index contributed by atoms with van der Waals surface area (Å²) in [5.41, 5.74) is 0. The summed E-state index contributed by atoms with van der Waals surface area (Å²) >= 11 is 0. The van der Waals surface area contributed by atoms with Gasteiger partial charge >= 0.3 is 0 Å². The first-order chi connectivity index (χ1) is 6.88. The number of nitrogens with one attached hydrogen (secondary N) is 1. The lowest BCUT2D eigenvalue weighted by Gasteiger charge is -2.06. The van der Waals surface area contributed by atoms with Gasteiger partial charge in [-0.05, 0) is 18.4 Å². The number of ether oxygens (including phenoxy) is 1. The molecular formula is C11H16N2O. The molecule has 0 unspecified atom stereocenters. The second-order valence-electron chi connectivity index (χ2n) is 3.71. The van der Waals surface area contributed by atoms with Crippen molar-refractivity contribution in [3.05, 3.63) is 18.3 Å². The van der Waals surface area contributed by atoms with Crippen molar-refractivity contribution in [1.29, 1.82) is 0 Å². The maximum absolute atomic E-state index is 5.62. The van der Waals surface area contributed by atoms with E-state index in [1.54, 1.807) is 6.20 Å². The Morgan fingerprint density at radius 1 is 1.57 bits per heavy atom. The van der Waals surface area contributed by atoms with Crippen molar-refractivity contribution in [3.63, 3.8) is 0 Å². The third kappa shape index (κ3) is 2.62. The van der Waals surface area contributed by atoms with E-state index in [2.05, 4.69) is 10.3 Å². The van der Waals surface area contributed by atoms with E-state index in [4.69, 9.17) is 4.74 Å². The van der Waals surface area contributed by atoms with Crippen molar-refractivity contribution in [3.8, 4) is 5.75 Å². The number of hydrogen-bond acceptors (Lipinski definition) is 3. The number of pyridine rings is 1. The molecule has 2 rings (SSSR count). The van der Waals surface area contributed by atoms with E-state index in [9.17, 15) is 0 Å². The van der Waals surface area contributed by atoms with Gasteiger partial charge in [0.05, 0.1) is 6.61 Å². The van der Waals surface area contributed by atoms with Gasteiger partial charge in [-0.1, -0.05) is 12.8 Å². The van der Waals surface area contributed by atoms with Crippen molar-refractivity contribution in [2.75, 3.05) is 19.0 Å². The maximum Gasteiger partial charge on any atom is 0.129 e. The summed E-state index contributed by atoms with van der Waals surface area (Å²) in [6.45, 7) is 0.831. The molecule has 0 spiro atoms. The minimum absolute atomic E-state index is 0.831. The Bertz CT molecular complexity index is 297. The summed E-state index contributed by atoms with van der Waals surface area (Å²) in [5.74, 6) is 2.69. The first-order valence-electron chi connectivity index (χ1n) is 5.15. The Morgan fingerprint density at radius 2 is 2.43 bits per heavy atom. The van der Waals surface area contributed by atoms with Crippen molar-refractivity contribution in [1.82, 2.24) is 4.98 Å². The molecule has 1 saturated carbocycles. The first-order valence-corrected chi connectivity index (χ1v) is 5.15. The van der Waals surface area contributed by atoms with Crippen molar-refractivity contribution >= 4 is 5.82 Å². The smallest absolute Gasteiger partial charge is 0.129 e. The van der Waals surface area contributed by atoms with Gasteiger partial charge in [0.25, 0.3) is 0 Å². The van der Waals surface area contributed by atoms with Gasteiger partial charge < -0.3 is 10.1 Å². The summed E-state index contributed by atoms with van der Waals surface area (Å²) in [4.78, 5) is 4.12. The normalized spacial score (nSPS) is 15.2. The average molecular weight is 192 g/mol. The van der Waals surface area contributed by atoms with Crippen LogP contribution in [0.4, 0.5) is 5.82 Å². The second-order valence-corrected chi connectivity index (χ2v) is 3.71. The SMILES string of the molecule is CNc1cc(OCCC2CC2)ccn1. The Morgan fingerprint density at radius 3 is 3.14 bits per heavy atom. The molecule has 0 radical (unpaired) electrons. The molecule has 3 heteroatoms. The van der Waals surface area contributed by atoms with Crippen LogP contribution in [0.5, 0.6) is 5.75 Å². The number of anilines is 1. The molecule has 0 atom stereocenters. The predicted octanol–water partition coefficient (Wildman–Crippen LogP) is 2.30. The average Bonchev–Trinajstić information content (AvgIpc) is 3.02. The van der Waals surface area contributed by atoms with Crippen molar-refractivity contribution < 1.29 is 4.74 Å². The largest absolute Gasteiger partial charge is 0.493 e. The Kier molecular flexibility index (Phi) is 2.87. The summed E-state index contributed by atoms with van der Waals surface area (Å²) in [7, 11) is 1.86.